The van der Waals surface area contributed by atoms with Crippen molar-refractivity contribution in [1.82, 2.24) is 9.78 Å². The molecule has 104 valence electrons. The van der Waals surface area contributed by atoms with Gasteiger partial charge in [-0.1, -0.05) is 12.7 Å². The quantitative estimate of drug-likeness (QED) is 0.813. The summed E-state index contributed by atoms with van der Waals surface area (Å²) in [7, 11) is 0. The van der Waals surface area contributed by atoms with Gasteiger partial charge in [-0.15, -0.1) is 11.3 Å². The molecule has 0 aliphatic carbocycles. The van der Waals surface area contributed by atoms with Crippen LogP contribution in [0, 0.1) is 0 Å². The van der Waals surface area contributed by atoms with Gasteiger partial charge >= 0.3 is 5.97 Å². The first-order chi connectivity index (χ1) is 9.74. The van der Waals surface area contributed by atoms with Crippen molar-refractivity contribution in [2.75, 3.05) is 6.61 Å². The summed E-state index contributed by atoms with van der Waals surface area (Å²) in [6.07, 6.45) is 5.65. The number of hydrogen-bond donors (Lipinski definition) is 0. The lowest BCUT2D eigenvalue weighted by Gasteiger charge is -2.03. The molecular weight excluding hydrogens is 272 g/mol. The highest BCUT2D eigenvalue weighted by atomic mass is 32.1. The Kier molecular flexibility index (Phi) is 3.44. The molecule has 0 amide bonds. The van der Waals surface area contributed by atoms with Gasteiger partial charge in [0.2, 0.25) is 0 Å². The van der Waals surface area contributed by atoms with E-state index in [1.165, 1.54) is 16.2 Å². The number of nitrogens with zero attached hydrogens (tertiary/aromatic N) is 2. The fraction of sp³-hybridized carbons (Fsp3) is 0.333. The first-order valence-electron chi connectivity index (χ1n) is 6.73. The van der Waals surface area contributed by atoms with Crippen molar-refractivity contribution >= 4 is 23.4 Å². The molecule has 0 radical (unpaired) electrons. The third-order valence-electron chi connectivity index (χ3n) is 3.40. The van der Waals surface area contributed by atoms with E-state index in [9.17, 15) is 4.79 Å². The molecule has 1 aliphatic heterocycles. The molecule has 0 N–H and O–H groups in total. The van der Waals surface area contributed by atoms with E-state index in [1.807, 2.05) is 29.9 Å². The largest absolute Gasteiger partial charge is 0.462 e. The van der Waals surface area contributed by atoms with Gasteiger partial charge in [0.05, 0.1) is 18.5 Å². The molecule has 0 bridgehead atoms. The molecule has 3 rings (SSSR count). The van der Waals surface area contributed by atoms with Gasteiger partial charge in [0, 0.05) is 22.5 Å². The highest BCUT2D eigenvalue weighted by molar-refractivity contribution is 7.14. The summed E-state index contributed by atoms with van der Waals surface area (Å²) in [5, 5.41) is 4.41. The zero-order valence-corrected chi connectivity index (χ0v) is 12.2. The minimum atomic E-state index is -0.239. The summed E-state index contributed by atoms with van der Waals surface area (Å²) in [6.45, 7) is 6.97. The van der Waals surface area contributed by atoms with Gasteiger partial charge in [0.1, 0.15) is 4.88 Å². The fourth-order valence-electron chi connectivity index (χ4n) is 2.52. The summed E-state index contributed by atoms with van der Waals surface area (Å²) in [6, 6.07) is 1.93. The van der Waals surface area contributed by atoms with Crippen LogP contribution >= 0.6 is 11.3 Å². The minimum absolute atomic E-state index is 0.239. The second-order valence-electron chi connectivity index (χ2n) is 4.65. The predicted molar refractivity (Wildman–Crippen MR) is 79.9 cm³/mol. The second kappa shape index (κ2) is 5.25. The van der Waals surface area contributed by atoms with Crippen LogP contribution in [0.5, 0.6) is 0 Å². The van der Waals surface area contributed by atoms with Crippen molar-refractivity contribution in [3.05, 3.63) is 34.2 Å². The van der Waals surface area contributed by atoms with Crippen LogP contribution in [0.15, 0.2) is 18.8 Å². The lowest BCUT2D eigenvalue weighted by Crippen LogP contribution is -2.02. The van der Waals surface area contributed by atoms with Gasteiger partial charge in [-0.2, -0.15) is 5.10 Å². The maximum absolute atomic E-state index is 11.9. The molecule has 20 heavy (non-hydrogen) atoms. The van der Waals surface area contributed by atoms with Crippen LogP contribution in [0.3, 0.4) is 0 Å². The van der Waals surface area contributed by atoms with Gasteiger partial charge in [0.15, 0.2) is 0 Å². The lowest BCUT2D eigenvalue weighted by atomic mass is 10.1. The Morgan fingerprint density at radius 1 is 1.65 bits per heavy atom. The molecule has 2 aromatic heterocycles. The molecule has 5 heteroatoms. The SMILES string of the molecule is C=Cc1cnn2c1-c1cc(C(=O)OCC)sc1CCC2. The van der Waals surface area contributed by atoms with E-state index in [1.54, 1.807) is 0 Å². The number of hydrogen-bond acceptors (Lipinski definition) is 4. The van der Waals surface area contributed by atoms with Crippen molar-refractivity contribution in [1.29, 1.82) is 0 Å². The van der Waals surface area contributed by atoms with Crippen LogP contribution in [0.1, 0.15) is 33.5 Å². The van der Waals surface area contributed by atoms with E-state index in [-0.39, 0.29) is 5.97 Å². The van der Waals surface area contributed by atoms with Gasteiger partial charge in [-0.25, -0.2) is 4.79 Å². The predicted octanol–water partition coefficient (Wildman–Crippen LogP) is 3.38. The molecule has 0 spiro atoms. The van der Waals surface area contributed by atoms with Gasteiger partial charge in [-0.05, 0) is 25.8 Å². The number of fused-ring (bicyclic) bond motifs is 3. The first-order valence-corrected chi connectivity index (χ1v) is 7.54. The zero-order chi connectivity index (χ0) is 14.1. The Hall–Kier alpha value is -1.88. The van der Waals surface area contributed by atoms with Crippen molar-refractivity contribution in [3.8, 4) is 11.3 Å². The molecule has 3 heterocycles. The van der Waals surface area contributed by atoms with E-state index in [2.05, 4.69) is 11.7 Å². The number of ether oxygens (including phenoxy) is 1. The molecule has 0 atom stereocenters. The van der Waals surface area contributed by atoms with Crippen LogP contribution in [0.2, 0.25) is 0 Å². The fourth-order valence-corrected chi connectivity index (χ4v) is 3.62. The summed E-state index contributed by atoms with van der Waals surface area (Å²) in [5.74, 6) is -0.239. The van der Waals surface area contributed by atoms with Crippen LogP contribution in [0.25, 0.3) is 17.3 Å². The second-order valence-corrected chi connectivity index (χ2v) is 5.78. The van der Waals surface area contributed by atoms with Crippen molar-refractivity contribution in [2.24, 2.45) is 0 Å². The van der Waals surface area contributed by atoms with E-state index >= 15 is 0 Å². The Balaban J connectivity index is 2.11. The Labute approximate surface area is 121 Å². The molecule has 0 saturated carbocycles. The Morgan fingerprint density at radius 2 is 2.50 bits per heavy atom. The number of esters is 1. The van der Waals surface area contributed by atoms with Gasteiger partial charge < -0.3 is 4.74 Å². The number of carbonyl (C=O) groups is 1. The lowest BCUT2D eigenvalue weighted by molar-refractivity contribution is 0.0532. The normalized spacial score (nSPS) is 13.2. The molecule has 0 aromatic carbocycles. The minimum Gasteiger partial charge on any atom is -0.462 e. The standard InChI is InChI=1S/C15H16N2O2S/c1-3-10-9-16-17-7-5-6-12-11(14(10)17)8-13(20-12)15(18)19-4-2/h3,8-9H,1,4-7H2,2H3. The molecule has 1 aliphatic rings. The number of aryl methyl sites for hydroxylation is 2. The molecule has 0 fully saturated rings. The van der Waals surface area contributed by atoms with Gasteiger partial charge in [0.25, 0.3) is 0 Å². The highest BCUT2D eigenvalue weighted by Gasteiger charge is 2.23. The number of carbonyl (C=O) groups excluding carboxylic acids is 1. The van der Waals surface area contributed by atoms with Crippen LogP contribution < -0.4 is 0 Å². The summed E-state index contributed by atoms with van der Waals surface area (Å²) in [4.78, 5) is 13.8. The van der Waals surface area contributed by atoms with E-state index in [0.717, 1.165) is 36.2 Å². The van der Waals surface area contributed by atoms with Crippen LogP contribution in [0.4, 0.5) is 0 Å². The molecule has 2 aromatic rings. The van der Waals surface area contributed by atoms with Crippen molar-refractivity contribution in [3.63, 3.8) is 0 Å². The molecule has 0 unspecified atom stereocenters. The number of aromatic nitrogens is 2. The zero-order valence-electron chi connectivity index (χ0n) is 11.4. The maximum atomic E-state index is 11.9. The van der Waals surface area contributed by atoms with E-state index in [0.29, 0.717) is 11.5 Å². The highest BCUT2D eigenvalue weighted by Crippen LogP contribution is 2.37. The Morgan fingerprint density at radius 3 is 3.25 bits per heavy atom. The van der Waals surface area contributed by atoms with Crippen molar-refractivity contribution in [2.45, 2.75) is 26.3 Å². The number of rotatable bonds is 3. The van der Waals surface area contributed by atoms with E-state index in [4.69, 9.17) is 4.74 Å². The molecule has 4 nitrogen and oxygen atoms in total. The monoisotopic (exact) mass is 288 g/mol. The average Bonchev–Trinajstić information content (AvgIpc) is 2.99. The average molecular weight is 288 g/mol. The maximum Gasteiger partial charge on any atom is 0.348 e. The van der Waals surface area contributed by atoms with Crippen molar-refractivity contribution < 1.29 is 9.53 Å². The molecule has 0 saturated heterocycles. The summed E-state index contributed by atoms with van der Waals surface area (Å²) < 4.78 is 7.10. The summed E-state index contributed by atoms with van der Waals surface area (Å²) in [5.41, 5.74) is 3.18. The van der Waals surface area contributed by atoms with Crippen LogP contribution in [-0.2, 0) is 17.7 Å². The Bertz CT molecular complexity index is 669. The summed E-state index contributed by atoms with van der Waals surface area (Å²) >= 11 is 1.53. The van der Waals surface area contributed by atoms with Crippen LogP contribution in [-0.4, -0.2) is 22.4 Å². The number of thiophene rings is 1. The van der Waals surface area contributed by atoms with Gasteiger partial charge in [-0.3, -0.25) is 4.68 Å². The third-order valence-corrected chi connectivity index (χ3v) is 4.58. The smallest absolute Gasteiger partial charge is 0.348 e. The third kappa shape index (κ3) is 2.08. The first kappa shape index (κ1) is 13.1. The molecular formula is C15H16N2O2S. The topological polar surface area (TPSA) is 44.1 Å². The van der Waals surface area contributed by atoms with E-state index < -0.39 is 0 Å².